The van der Waals surface area contributed by atoms with E-state index in [0.717, 1.165) is 21.5 Å². The first-order valence-electron chi connectivity index (χ1n) is 5.43. The summed E-state index contributed by atoms with van der Waals surface area (Å²) < 4.78 is 2.74. The molecular weight excluding hydrogens is 290 g/mol. The third-order valence-corrected chi connectivity index (χ3v) is 3.49. The Morgan fingerprint density at radius 1 is 1.11 bits per heavy atom. The Bertz CT molecular complexity index is 754. The van der Waals surface area contributed by atoms with Crippen LogP contribution in [-0.2, 0) is 0 Å². The quantitative estimate of drug-likeness (QED) is 0.688. The summed E-state index contributed by atoms with van der Waals surface area (Å²) in [6, 6.07) is 15.7. The summed E-state index contributed by atoms with van der Waals surface area (Å²) in [7, 11) is 0. The summed E-state index contributed by atoms with van der Waals surface area (Å²) in [4.78, 5) is 4.56. The standard InChI is InChI=1S/C14H8BrN3/c15-14-13(11-4-2-1-3-5-11)17-12-7-6-10(8-16)9-18(12)14/h1-7,9H. The molecule has 3 nitrogen and oxygen atoms in total. The highest BCUT2D eigenvalue weighted by Gasteiger charge is 2.11. The number of nitrogens with zero attached hydrogens (tertiary/aromatic N) is 3. The number of imidazole rings is 1. The fourth-order valence-electron chi connectivity index (χ4n) is 1.86. The van der Waals surface area contributed by atoms with Crippen molar-refractivity contribution in [2.75, 3.05) is 0 Å². The zero-order valence-electron chi connectivity index (χ0n) is 9.34. The van der Waals surface area contributed by atoms with Crippen molar-refractivity contribution in [1.82, 2.24) is 9.38 Å². The maximum atomic E-state index is 8.91. The van der Waals surface area contributed by atoms with Crippen molar-refractivity contribution >= 4 is 21.6 Å². The molecule has 3 aromatic rings. The molecule has 1 aromatic carbocycles. The van der Waals surface area contributed by atoms with Gasteiger partial charge in [0.2, 0.25) is 0 Å². The minimum atomic E-state index is 0.611. The van der Waals surface area contributed by atoms with Crippen LogP contribution >= 0.6 is 15.9 Å². The monoisotopic (exact) mass is 297 g/mol. The largest absolute Gasteiger partial charge is 0.292 e. The van der Waals surface area contributed by atoms with Crippen LogP contribution in [0, 0.1) is 11.3 Å². The Balaban J connectivity index is 2.27. The number of hydrogen-bond donors (Lipinski definition) is 0. The maximum absolute atomic E-state index is 8.91. The Morgan fingerprint density at radius 3 is 2.61 bits per heavy atom. The highest BCUT2D eigenvalue weighted by molar-refractivity contribution is 9.10. The smallest absolute Gasteiger partial charge is 0.138 e. The van der Waals surface area contributed by atoms with Crippen LogP contribution in [0.1, 0.15) is 5.56 Å². The summed E-state index contributed by atoms with van der Waals surface area (Å²) in [5.74, 6) is 0. The topological polar surface area (TPSA) is 41.1 Å². The van der Waals surface area contributed by atoms with Crippen molar-refractivity contribution in [2.45, 2.75) is 0 Å². The third-order valence-electron chi connectivity index (χ3n) is 2.74. The second-order valence-electron chi connectivity index (χ2n) is 3.88. The molecule has 0 saturated heterocycles. The summed E-state index contributed by atoms with van der Waals surface area (Å²) in [6.45, 7) is 0. The van der Waals surface area contributed by atoms with E-state index in [1.807, 2.05) is 40.8 Å². The van der Waals surface area contributed by atoms with E-state index in [4.69, 9.17) is 5.26 Å². The molecule has 2 heterocycles. The van der Waals surface area contributed by atoms with Gasteiger partial charge in [-0.15, -0.1) is 0 Å². The molecule has 2 aromatic heterocycles. The SMILES string of the molecule is N#Cc1ccc2nc(-c3ccccc3)c(Br)n2c1. The van der Waals surface area contributed by atoms with Crippen LogP contribution in [0.2, 0.25) is 0 Å². The molecule has 0 unspecified atom stereocenters. The van der Waals surface area contributed by atoms with E-state index in [9.17, 15) is 0 Å². The van der Waals surface area contributed by atoms with Gasteiger partial charge in [0.25, 0.3) is 0 Å². The van der Waals surface area contributed by atoms with E-state index in [0.29, 0.717) is 5.56 Å². The van der Waals surface area contributed by atoms with Crippen LogP contribution in [-0.4, -0.2) is 9.38 Å². The summed E-state index contributed by atoms with van der Waals surface area (Å²) >= 11 is 3.54. The zero-order chi connectivity index (χ0) is 12.5. The van der Waals surface area contributed by atoms with Crippen LogP contribution in [0.25, 0.3) is 16.9 Å². The molecule has 3 rings (SSSR count). The number of rotatable bonds is 1. The Kier molecular flexibility index (Phi) is 2.62. The number of pyridine rings is 1. The fraction of sp³-hybridized carbons (Fsp3) is 0. The number of hydrogen-bond acceptors (Lipinski definition) is 2. The van der Waals surface area contributed by atoms with E-state index < -0.39 is 0 Å². The van der Waals surface area contributed by atoms with Crippen LogP contribution in [0.3, 0.4) is 0 Å². The molecule has 0 N–H and O–H groups in total. The molecule has 0 aliphatic heterocycles. The van der Waals surface area contributed by atoms with E-state index in [1.165, 1.54) is 0 Å². The normalized spacial score (nSPS) is 10.4. The molecule has 0 bridgehead atoms. The molecule has 0 fully saturated rings. The van der Waals surface area contributed by atoms with E-state index in [2.05, 4.69) is 27.0 Å². The van der Waals surface area contributed by atoms with Gasteiger partial charge in [-0.2, -0.15) is 5.26 Å². The molecule has 0 saturated carbocycles. The lowest BCUT2D eigenvalue weighted by Crippen LogP contribution is -1.86. The lowest BCUT2D eigenvalue weighted by molar-refractivity contribution is 1.14. The van der Waals surface area contributed by atoms with Gasteiger partial charge in [0.15, 0.2) is 0 Å². The van der Waals surface area contributed by atoms with Crippen LogP contribution < -0.4 is 0 Å². The highest BCUT2D eigenvalue weighted by Crippen LogP contribution is 2.28. The number of halogens is 1. The number of benzene rings is 1. The van der Waals surface area contributed by atoms with Gasteiger partial charge in [-0.25, -0.2) is 4.98 Å². The van der Waals surface area contributed by atoms with Gasteiger partial charge in [-0.3, -0.25) is 4.40 Å². The molecule has 0 radical (unpaired) electrons. The van der Waals surface area contributed by atoms with Crippen molar-refractivity contribution in [3.63, 3.8) is 0 Å². The van der Waals surface area contributed by atoms with E-state index in [-0.39, 0.29) is 0 Å². The molecule has 0 amide bonds. The van der Waals surface area contributed by atoms with Gasteiger partial charge in [0.05, 0.1) is 5.56 Å². The summed E-state index contributed by atoms with van der Waals surface area (Å²) in [6.07, 6.45) is 1.78. The van der Waals surface area contributed by atoms with Crippen LogP contribution in [0.5, 0.6) is 0 Å². The lowest BCUT2D eigenvalue weighted by Gasteiger charge is -1.97. The zero-order valence-corrected chi connectivity index (χ0v) is 10.9. The minimum absolute atomic E-state index is 0.611. The molecule has 0 spiro atoms. The van der Waals surface area contributed by atoms with Gasteiger partial charge in [-0.1, -0.05) is 30.3 Å². The Hall–Kier alpha value is -2.12. The average molecular weight is 298 g/mol. The number of nitriles is 1. The first kappa shape index (κ1) is 11.0. The van der Waals surface area contributed by atoms with Gasteiger partial charge in [-0.05, 0) is 28.1 Å². The predicted octanol–water partition coefficient (Wildman–Crippen LogP) is 3.64. The summed E-state index contributed by atoms with van der Waals surface area (Å²) in [5, 5.41) is 8.91. The fourth-order valence-corrected chi connectivity index (χ4v) is 2.46. The van der Waals surface area contributed by atoms with Gasteiger partial charge in [0.1, 0.15) is 22.0 Å². The van der Waals surface area contributed by atoms with Gasteiger partial charge >= 0.3 is 0 Å². The van der Waals surface area contributed by atoms with Crippen LogP contribution in [0.4, 0.5) is 0 Å². The van der Waals surface area contributed by atoms with E-state index in [1.54, 1.807) is 12.3 Å². The Morgan fingerprint density at radius 2 is 1.89 bits per heavy atom. The average Bonchev–Trinajstić information content (AvgIpc) is 2.77. The maximum Gasteiger partial charge on any atom is 0.138 e. The van der Waals surface area contributed by atoms with Crippen molar-refractivity contribution in [3.8, 4) is 17.3 Å². The Labute approximate surface area is 112 Å². The molecule has 0 aliphatic carbocycles. The highest BCUT2D eigenvalue weighted by atomic mass is 79.9. The van der Waals surface area contributed by atoms with Crippen molar-refractivity contribution in [2.24, 2.45) is 0 Å². The molecule has 18 heavy (non-hydrogen) atoms. The van der Waals surface area contributed by atoms with Crippen molar-refractivity contribution in [3.05, 3.63) is 58.8 Å². The molecule has 86 valence electrons. The van der Waals surface area contributed by atoms with E-state index >= 15 is 0 Å². The number of fused-ring (bicyclic) bond motifs is 1. The molecule has 0 aliphatic rings. The molecule has 4 heteroatoms. The van der Waals surface area contributed by atoms with Gasteiger partial charge in [0, 0.05) is 11.8 Å². The van der Waals surface area contributed by atoms with Crippen molar-refractivity contribution < 1.29 is 0 Å². The number of aromatic nitrogens is 2. The summed E-state index contributed by atoms with van der Waals surface area (Å²) in [5.41, 5.74) is 3.36. The second kappa shape index (κ2) is 4.28. The molecule has 0 atom stereocenters. The van der Waals surface area contributed by atoms with Crippen molar-refractivity contribution in [1.29, 1.82) is 5.26 Å². The van der Waals surface area contributed by atoms with Crippen LogP contribution in [0.15, 0.2) is 53.3 Å². The third kappa shape index (κ3) is 1.69. The second-order valence-corrected chi connectivity index (χ2v) is 4.63. The first-order chi connectivity index (χ1) is 8.79. The predicted molar refractivity (Wildman–Crippen MR) is 73.0 cm³/mol. The first-order valence-corrected chi connectivity index (χ1v) is 6.22. The lowest BCUT2D eigenvalue weighted by atomic mass is 10.2. The minimum Gasteiger partial charge on any atom is -0.292 e. The van der Waals surface area contributed by atoms with Gasteiger partial charge < -0.3 is 0 Å². The molecular formula is C14H8BrN3.